The Bertz CT molecular complexity index is 1220. The number of hydrogen-bond donors (Lipinski definition) is 3. The van der Waals surface area contributed by atoms with Crippen molar-refractivity contribution in [2.24, 2.45) is 33.5 Å². The number of Topliss-reactive ketones (excluding diaryl/α,β-unsaturated/α-hetero) is 2. The summed E-state index contributed by atoms with van der Waals surface area (Å²) in [5.74, 6) is -2.48. The number of aliphatic hydroxyl groups is 2. The van der Waals surface area contributed by atoms with Gasteiger partial charge in [0.15, 0.2) is 5.78 Å². The van der Waals surface area contributed by atoms with Gasteiger partial charge in [0.25, 0.3) is 0 Å². The Morgan fingerprint density at radius 2 is 1.82 bits per heavy atom. The molecule has 0 aromatic rings. The standard InChI is InChI=1S/C30H40O8/c1-15(24(35)36)10-16(31)14-27(5,37)19-12-22(34)29(7)28(19,6)21(33)11-18-26(4)9-8-20(32)25(2,3)17(26)13-23-30(18,29)38-23/h11-12,15,17,22-23,34,37H,8-10,13-14H2,1-7H3,(H,35,36)/t15?,17-,22+,23?,26-,27-,28-,29+,30?/m0/s1. The normalized spacial score (nSPS) is 44.9. The van der Waals surface area contributed by atoms with E-state index in [1.165, 1.54) is 19.9 Å². The summed E-state index contributed by atoms with van der Waals surface area (Å²) in [6.45, 7) is 12.5. The number of fused-ring (bicyclic) bond motifs is 3. The minimum absolute atomic E-state index is 0.00758. The lowest BCUT2D eigenvalue weighted by molar-refractivity contribution is -0.147. The first kappa shape index (κ1) is 27.4. The van der Waals surface area contributed by atoms with E-state index >= 15 is 0 Å². The van der Waals surface area contributed by atoms with Gasteiger partial charge in [0.2, 0.25) is 0 Å². The minimum atomic E-state index is -1.77. The summed E-state index contributed by atoms with van der Waals surface area (Å²) in [6, 6.07) is 0. The Kier molecular flexibility index (Phi) is 5.58. The van der Waals surface area contributed by atoms with Crippen LogP contribution in [-0.4, -0.2) is 62.0 Å². The molecular weight excluding hydrogens is 488 g/mol. The summed E-state index contributed by atoms with van der Waals surface area (Å²) >= 11 is 0. The fraction of sp³-hybridized carbons (Fsp3) is 0.733. The van der Waals surface area contributed by atoms with Crippen molar-refractivity contribution in [3.8, 4) is 0 Å². The average molecular weight is 529 g/mol. The monoisotopic (exact) mass is 528 g/mol. The molecule has 3 unspecified atom stereocenters. The highest BCUT2D eigenvalue weighted by Crippen LogP contribution is 2.78. The number of carboxylic acids is 1. The molecule has 4 aliphatic carbocycles. The lowest BCUT2D eigenvalue weighted by atomic mass is 9.40. The number of carbonyl (C=O) groups is 4. The van der Waals surface area contributed by atoms with Crippen molar-refractivity contribution in [3.05, 3.63) is 23.3 Å². The number of hydrogen-bond acceptors (Lipinski definition) is 7. The van der Waals surface area contributed by atoms with Gasteiger partial charge >= 0.3 is 5.97 Å². The van der Waals surface area contributed by atoms with Crippen molar-refractivity contribution >= 4 is 23.3 Å². The summed E-state index contributed by atoms with van der Waals surface area (Å²) in [5, 5.41) is 32.5. The van der Waals surface area contributed by atoms with Crippen LogP contribution in [0.15, 0.2) is 23.3 Å². The van der Waals surface area contributed by atoms with Crippen molar-refractivity contribution < 1.29 is 39.2 Å². The maximum atomic E-state index is 14.2. The Morgan fingerprint density at radius 3 is 2.42 bits per heavy atom. The Hall–Kier alpha value is -2.16. The Labute approximate surface area is 223 Å². The van der Waals surface area contributed by atoms with Crippen LogP contribution in [0.3, 0.4) is 0 Å². The fourth-order valence-corrected chi connectivity index (χ4v) is 9.05. The van der Waals surface area contributed by atoms with Crippen LogP contribution < -0.4 is 0 Å². The predicted molar refractivity (Wildman–Crippen MR) is 137 cm³/mol. The van der Waals surface area contributed by atoms with Crippen molar-refractivity contribution in [1.29, 1.82) is 0 Å². The van der Waals surface area contributed by atoms with E-state index in [1.54, 1.807) is 13.0 Å². The maximum Gasteiger partial charge on any atom is 0.306 e. The lowest BCUT2D eigenvalue weighted by Gasteiger charge is -2.60. The van der Waals surface area contributed by atoms with Crippen LogP contribution in [0.25, 0.3) is 0 Å². The highest BCUT2D eigenvalue weighted by Gasteiger charge is 2.85. The van der Waals surface area contributed by atoms with E-state index in [-0.39, 0.29) is 42.0 Å². The molecule has 9 atom stereocenters. The summed E-state index contributed by atoms with van der Waals surface area (Å²) in [5.41, 5.74) is -5.09. The molecule has 3 N–H and O–H groups in total. The summed E-state index contributed by atoms with van der Waals surface area (Å²) in [4.78, 5) is 51.1. The van der Waals surface area contributed by atoms with Crippen LogP contribution in [0, 0.1) is 33.5 Å². The number of aliphatic hydroxyl groups excluding tert-OH is 1. The van der Waals surface area contributed by atoms with Crippen molar-refractivity contribution in [3.63, 3.8) is 0 Å². The molecule has 0 aromatic heterocycles. The molecule has 0 radical (unpaired) electrons. The van der Waals surface area contributed by atoms with E-state index in [0.29, 0.717) is 19.3 Å². The highest BCUT2D eigenvalue weighted by atomic mass is 16.6. The first-order chi connectivity index (χ1) is 17.3. The molecule has 8 heteroatoms. The quantitative estimate of drug-likeness (QED) is 0.353. The molecule has 0 amide bonds. The number of carboxylic acid groups (broad SMARTS) is 1. The smallest absolute Gasteiger partial charge is 0.306 e. The topological polar surface area (TPSA) is 141 Å². The average Bonchev–Trinajstić information content (AvgIpc) is 3.48. The van der Waals surface area contributed by atoms with Crippen LogP contribution in [-0.2, 0) is 23.9 Å². The van der Waals surface area contributed by atoms with Crippen LogP contribution in [0.2, 0.25) is 0 Å². The first-order valence-electron chi connectivity index (χ1n) is 13.7. The van der Waals surface area contributed by atoms with Crippen molar-refractivity contribution in [1.82, 2.24) is 0 Å². The van der Waals surface area contributed by atoms with Crippen molar-refractivity contribution in [2.45, 2.75) is 104 Å². The van der Waals surface area contributed by atoms with E-state index < -0.39 is 56.6 Å². The number of epoxide rings is 1. The number of ether oxygens (including phenoxy) is 1. The third kappa shape index (κ3) is 3.02. The predicted octanol–water partition coefficient (Wildman–Crippen LogP) is 3.18. The van der Waals surface area contributed by atoms with Crippen LogP contribution in [0.1, 0.15) is 80.6 Å². The molecule has 5 rings (SSSR count). The third-order valence-corrected chi connectivity index (χ3v) is 11.5. The van der Waals surface area contributed by atoms with E-state index in [9.17, 15) is 34.5 Å². The molecule has 1 spiro atoms. The van der Waals surface area contributed by atoms with Gasteiger partial charge in [-0.05, 0) is 55.2 Å². The number of rotatable bonds is 6. The van der Waals surface area contributed by atoms with Crippen LogP contribution in [0.5, 0.6) is 0 Å². The van der Waals surface area contributed by atoms with E-state index in [0.717, 1.165) is 5.57 Å². The minimum Gasteiger partial charge on any atom is -0.481 e. The number of aliphatic carboxylic acids is 1. The zero-order valence-electron chi connectivity index (χ0n) is 23.4. The van der Waals surface area contributed by atoms with E-state index in [4.69, 9.17) is 4.74 Å². The molecule has 5 aliphatic rings. The van der Waals surface area contributed by atoms with Gasteiger partial charge in [0, 0.05) is 30.1 Å². The van der Waals surface area contributed by atoms with Crippen LogP contribution >= 0.6 is 0 Å². The van der Waals surface area contributed by atoms with E-state index in [1.807, 2.05) is 20.8 Å². The van der Waals surface area contributed by atoms with E-state index in [2.05, 4.69) is 6.92 Å². The second-order valence-corrected chi connectivity index (χ2v) is 13.9. The molecular formula is C30H40O8. The van der Waals surface area contributed by atoms with Crippen molar-refractivity contribution in [2.75, 3.05) is 0 Å². The Morgan fingerprint density at radius 1 is 1.18 bits per heavy atom. The van der Waals surface area contributed by atoms with Gasteiger partial charge in [-0.25, -0.2) is 0 Å². The first-order valence-corrected chi connectivity index (χ1v) is 13.7. The summed E-state index contributed by atoms with van der Waals surface area (Å²) < 4.78 is 6.54. The zero-order chi connectivity index (χ0) is 28.4. The SMILES string of the molecule is CC(CC(=O)C[C@](C)(O)C1=C[C@@H](O)[C@@]2(C)C34OC3C[C@H]3C(C)(C)C(=O)CC[C@]3(C)C4=CC(=O)[C@]12C)C(=O)O. The van der Waals surface area contributed by atoms with Gasteiger partial charge in [-0.15, -0.1) is 0 Å². The number of ketones is 3. The largest absolute Gasteiger partial charge is 0.481 e. The summed E-state index contributed by atoms with van der Waals surface area (Å²) in [7, 11) is 0. The lowest BCUT2D eigenvalue weighted by Crippen LogP contribution is -2.66. The molecule has 208 valence electrons. The number of carbonyl (C=O) groups excluding carboxylic acids is 3. The second-order valence-electron chi connectivity index (χ2n) is 13.9. The molecule has 1 saturated heterocycles. The number of allylic oxidation sites excluding steroid dienone is 1. The van der Waals surface area contributed by atoms with Gasteiger partial charge in [0.1, 0.15) is 17.2 Å². The van der Waals surface area contributed by atoms with Gasteiger partial charge in [0.05, 0.1) is 29.1 Å². The van der Waals surface area contributed by atoms with Gasteiger partial charge in [-0.1, -0.05) is 40.7 Å². The summed E-state index contributed by atoms with van der Waals surface area (Å²) in [6.07, 6.45) is 2.80. The molecule has 0 bridgehead atoms. The second kappa shape index (κ2) is 7.73. The highest BCUT2D eigenvalue weighted by molar-refractivity contribution is 6.02. The maximum absolute atomic E-state index is 14.2. The van der Waals surface area contributed by atoms with Gasteiger partial charge < -0.3 is 20.1 Å². The molecule has 0 aromatic carbocycles. The molecule has 2 saturated carbocycles. The molecule has 3 fully saturated rings. The van der Waals surface area contributed by atoms with Crippen LogP contribution in [0.4, 0.5) is 0 Å². The van der Waals surface area contributed by atoms with Gasteiger partial charge in [-0.2, -0.15) is 0 Å². The fourth-order valence-electron chi connectivity index (χ4n) is 9.05. The zero-order valence-corrected chi connectivity index (χ0v) is 23.4. The molecule has 8 nitrogen and oxygen atoms in total. The van der Waals surface area contributed by atoms with Gasteiger partial charge in [-0.3, -0.25) is 19.2 Å². The third-order valence-electron chi connectivity index (χ3n) is 11.5. The Balaban J connectivity index is 1.57. The molecule has 1 aliphatic heterocycles. The molecule has 1 heterocycles. The molecule has 38 heavy (non-hydrogen) atoms.